The molecule has 1 aliphatic heterocycles. The molecule has 1 fully saturated rings. The van der Waals surface area contributed by atoms with Crippen molar-refractivity contribution in [2.75, 3.05) is 6.54 Å². The molecule has 0 saturated carbocycles. The number of aliphatic hydroxyl groups is 1. The van der Waals surface area contributed by atoms with Crippen LogP contribution in [-0.4, -0.2) is 38.8 Å². The Morgan fingerprint density at radius 1 is 1.32 bits per heavy atom. The summed E-state index contributed by atoms with van der Waals surface area (Å²) >= 11 is 0. The number of aromatic nitrogens is 2. The van der Waals surface area contributed by atoms with Gasteiger partial charge in [-0.3, -0.25) is 4.90 Å². The Morgan fingerprint density at radius 3 is 2.91 bits per heavy atom. The van der Waals surface area contributed by atoms with E-state index in [2.05, 4.69) is 27.2 Å². The van der Waals surface area contributed by atoms with Gasteiger partial charge in [-0.2, -0.15) is 4.98 Å². The minimum atomic E-state index is -0.327. The summed E-state index contributed by atoms with van der Waals surface area (Å²) in [4.78, 5) is 6.75. The highest BCUT2D eigenvalue weighted by molar-refractivity contribution is 5.18. The maximum Gasteiger partial charge on any atom is 0.240 e. The van der Waals surface area contributed by atoms with Gasteiger partial charge in [-0.15, -0.1) is 0 Å². The molecular weight excluding hydrogens is 278 g/mol. The fourth-order valence-electron chi connectivity index (χ4n) is 3.14. The Kier molecular flexibility index (Phi) is 4.85. The smallest absolute Gasteiger partial charge is 0.240 e. The van der Waals surface area contributed by atoms with E-state index < -0.39 is 0 Å². The Bertz CT molecular complexity index is 583. The third-order valence-corrected chi connectivity index (χ3v) is 4.27. The van der Waals surface area contributed by atoms with Gasteiger partial charge in [-0.25, -0.2) is 0 Å². The van der Waals surface area contributed by atoms with Gasteiger partial charge in [0, 0.05) is 12.5 Å². The zero-order valence-electron chi connectivity index (χ0n) is 13.0. The Labute approximate surface area is 131 Å². The fourth-order valence-corrected chi connectivity index (χ4v) is 3.14. The van der Waals surface area contributed by atoms with Gasteiger partial charge < -0.3 is 9.63 Å². The highest BCUT2D eigenvalue weighted by atomic mass is 16.5. The van der Waals surface area contributed by atoms with E-state index in [-0.39, 0.29) is 12.1 Å². The lowest BCUT2D eigenvalue weighted by molar-refractivity contribution is 0.0260. The molecule has 1 aliphatic rings. The van der Waals surface area contributed by atoms with Gasteiger partial charge in [-0.05, 0) is 31.9 Å². The van der Waals surface area contributed by atoms with E-state index in [1.165, 1.54) is 12.0 Å². The number of rotatable bonds is 5. The van der Waals surface area contributed by atoms with Gasteiger partial charge in [0.1, 0.15) is 0 Å². The van der Waals surface area contributed by atoms with E-state index in [4.69, 9.17) is 4.52 Å². The topological polar surface area (TPSA) is 62.4 Å². The van der Waals surface area contributed by atoms with Gasteiger partial charge in [0.25, 0.3) is 0 Å². The highest BCUT2D eigenvalue weighted by Gasteiger charge is 2.27. The molecule has 22 heavy (non-hydrogen) atoms. The van der Waals surface area contributed by atoms with Crippen molar-refractivity contribution in [2.24, 2.45) is 0 Å². The predicted molar refractivity (Wildman–Crippen MR) is 83.3 cm³/mol. The molecule has 2 atom stereocenters. The lowest BCUT2D eigenvalue weighted by atomic mass is 9.98. The molecule has 0 aliphatic carbocycles. The van der Waals surface area contributed by atoms with Gasteiger partial charge in [0.05, 0.1) is 12.6 Å². The molecule has 118 valence electrons. The van der Waals surface area contributed by atoms with Crippen molar-refractivity contribution in [1.82, 2.24) is 15.0 Å². The van der Waals surface area contributed by atoms with Crippen LogP contribution in [0.4, 0.5) is 0 Å². The zero-order valence-corrected chi connectivity index (χ0v) is 13.0. The summed E-state index contributed by atoms with van der Waals surface area (Å²) < 4.78 is 5.38. The second-order valence-electron chi connectivity index (χ2n) is 6.04. The van der Waals surface area contributed by atoms with Crippen LogP contribution < -0.4 is 0 Å². The molecule has 1 aromatic heterocycles. The lowest BCUT2D eigenvalue weighted by Crippen LogP contribution is -2.45. The normalized spacial score (nSPS) is 20.9. The average Bonchev–Trinajstić information content (AvgIpc) is 2.96. The minimum absolute atomic E-state index is 0.193. The summed E-state index contributed by atoms with van der Waals surface area (Å²) in [5, 5.41) is 14.0. The van der Waals surface area contributed by atoms with E-state index >= 15 is 0 Å². The SMILES string of the molecule is CC(O)C1CCCCN1Cc1nc(Cc2ccccc2)no1. The largest absolute Gasteiger partial charge is 0.392 e. The number of hydrogen-bond donors (Lipinski definition) is 1. The summed E-state index contributed by atoms with van der Waals surface area (Å²) in [6.45, 7) is 3.46. The van der Waals surface area contributed by atoms with Crippen LogP contribution in [-0.2, 0) is 13.0 Å². The molecule has 5 nitrogen and oxygen atoms in total. The van der Waals surface area contributed by atoms with Crippen molar-refractivity contribution < 1.29 is 9.63 Å². The van der Waals surface area contributed by atoms with Crippen molar-refractivity contribution in [3.05, 3.63) is 47.6 Å². The quantitative estimate of drug-likeness (QED) is 0.919. The van der Waals surface area contributed by atoms with Crippen molar-refractivity contribution in [3.8, 4) is 0 Å². The molecule has 2 unspecified atom stereocenters. The van der Waals surface area contributed by atoms with Crippen molar-refractivity contribution in [3.63, 3.8) is 0 Å². The Hall–Kier alpha value is -1.72. The van der Waals surface area contributed by atoms with Crippen LogP contribution in [0.15, 0.2) is 34.9 Å². The molecule has 2 heterocycles. The number of piperidine rings is 1. The number of benzene rings is 1. The molecule has 1 aromatic carbocycles. The Balaban J connectivity index is 1.63. The van der Waals surface area contributed by atoms with E-state index in [0.717, 1.165) is 19.4 Å². The summed E-state index contributed by atoms with van der Waals surface area (Å²) in [6, 6.07) is 10.3. The van der Waals surface area contributed by atoms with Crippen LogP contribution in [0, 0.1) is 0 Å². The number of aliphatic hydroxyl groups excluding tert-OH is 1. The second-order valence-corrected chi connectivity index (χ2v) is 6.04. The second kappa shape index (κ2) is 7.03. The van der Waals surface area contributed by atoms with Crippen LogP contribution in [0.5, 0.6) is 0 Å². The van der Waals surface area contributed by atoms with Crippen molar-refractivity contribution in [1.29, 1.82) is 0 Å². The Morgan fingerprint density at radius 2 is 2.14 bits per heavy atom. The molecule has 5 heteroatoms. The number of nitrogens with zero attached hydrogens (tertiary/aromatic N) is 3. The predicted octanol–water partition coefficient (Wildman–Crippen LogP) is 2.40. The minimum Gasteiger partial charge on any atom is -0.392 e. The summed E-state index contributed by atoms with van der Waals surface area (Å²) in [6.07, 6.45) is 3.72. The summed E-state index contributed by atoms with van der Waals surface area (Å²) in [5.41, 5.74) is 1.18. The first-order valence-corrected chi connectivity index (χ1v) is 8.00. The monoisotopic (exact) mass is 301 g/mol. The van der Waals surface area contributed by atoms with Gasteiger partial charge >= 0.3 is 0 Å². The van der Waals surface area contributed by atoms with Gasteiger partial charge in [-0.1, -0.05) is 41.9 Å². The van der Waals surface area contributed by atoms with Crippen LogP contribution in [0.1, 0.15) is 43.5 Å². The lowest BCUT2D eigenvalue weighted by Gasteiger charge is -2.36. The molecule has 0 amide bonds. The third kappa shape index (κ3) is 3.72. The van der Waals surface area contributed by atoms with Crippen molar-refractivity contribution in [2.45, 2.75) is 51.3 Å². The molecular formula is C17H23N3O2. The maximum atomic E-state index is 9.92. The molecule has 0 bridgehead atoms. The average molecular weight is 301 g/mol. The van der Waals surface area contributed by atoms with Crippen LogP contribution in [0.25, 0.3) is 0 Å². The van der Waals surface area contributed by atoms with E-state index in [1.807, 2.05) is 25.1 Å². The maximum absolute atomic E-state index is 9.92. The zero-order chi connectivity index (χ0) is 15.4. The summed E-state index contributed by atoms with van der Waals surface area (Å²) in [5.74, 6) is 1.35. The van der Waals surface area contributed by atoms with E-state index in [1.54, 1.807) is 0 Å². The van der Waals surface area contributed by atoms with Crippen LogP contribution in [0.3, 0.4) is 0 Å². The van der Waals surface area contributed by atoms with Gasteiger partial charge in [0.15, 0.2) is 5.82 Å². The van der Waals surface area contributed by atoms with Crippen molar-refractivity contribution >= 4 is 0 Å². The summed E-state index contributed by atoms with van der Waals surface area (Å²) in [7, 11) is 0. The highest BCUT2D eigenvalue weighted by Crippen LogP contribution is 2.21. The van der Waals surface area contributed by atoms with Gasteiger partial charge in [0.2, 0.25) is 5.89 Å². The molecule has 0 spiro atoms. The van der Waals surface area contributed by atoms with Crippen LogP contribution in [0.2, 0.25) is 0 Å². The molecule has 3 rings (SSSR count). The van der Waals surface area contributed by atoms with Crippen LogP contribution >= 0.6 is 0 Å². The number of likely N-dealkylation sites (tertiary alicyclic amines) is 1. The first-order chi connectivity index (χ1) is 10.7. The fraction of sp³-hybridized carbons (Fsp3) is 0.529. The molecule has 0 radical (unpaired) electrons. The standard InChI is InChI=1S/C17H23N3O2/c1-13(21)15-9-5-6-10-20(15)12-17-18-16(19-22-17)11-14-7-3-2-4-8-14/h2-4,7-8,13,15,21H,5-6,9-12H2,1H3. The first-order valence-electron chi connectivity index (χ1n) is 8.00. The first kappa shape index (κ1) is 15.2. The van der Waals surface area contributed by atoms with E-state index in [0.29, 0.717) is 24.7 Å². The third-order valence-electron chi connectivity index (χ3n) is 4.27. The molecule has 1 N–H and O–H groups in total. The molecule has 1 saturated heterocycles. The molecule has 2 aromatic rings. The van der Waals surface area contributed by atoms with E-state index in [9.17, 15) is 5.11 Å². The number of hydrogen-bond acceptors (Lipinski definition) is 5.